The Bertz CT molecular complexity index is 824. The molecule has 0 N–H and O–H groups in total. The summed E-state index contributed by atoms with van der Waals surface area (Å²) in [6.07, 6.45) is 6.06. The summed E-state index contributed by atoms with van der Waals surface area (Å²) in [6.45, 7) is 3.12. The number of aryl methyl sites for hydroxylation is 1. The van der Waals surface area contributed by atoms with Crippen molar-refractivity contribution in [3.05, 3.63) is 71.8 Å². The van der Waals surface area contributed by atoms with Crippen molar-refractivity contribution in [2.24, 2.45) is 0 Å². The average molecular weight is 356 g/mol. The van der Waals surface area contributed by atoms with Crippen LogP contribution in [-0.4, -0.2) is 25.8 Å². The summed E-state index contributed by atoms with van der Waals surface area (Å²) >= 11 is 0. The van der Waals surface area contributed by atoms with Crippen molar-refractivity contribution < 1.29 is 8.42 Å². The minimum Gasteiger partial charge on any atom is -0.207 e. The summed E-state index contributed by atoms with van der Waals surface area (Å²) in [5, 5.41) is 0. The number of sulfonamides is 1. The molecule has 25 heavy (non-hydrogen) atoms. The zero-order valence-corrected chi connectivity index (χ0v) is 15.5. The number of hydrogen-bond donors (Lipinski definition) is 0. The molecule has 1 heterocycles. The fourth-order valence-corrected chi connectivity index (χ4v) is 4.52. The van der Waals surface area contributed by atoms with E-state index in [1.807, 2.05) is 36.4 Å². The summed E-state index contributed by atoms with van der Waals surface area (Å²) in [5.41, 5.74) is 3.60. The predicted octanol–water partition coefficient (Wildman–Crippen LogP) is 4.51. The number of nitrogens with zero attached hydrogens (tertiary/aromatic N) is 1. The highest BCUT2D eigenvalue weighted by molar-refractivity contribution is 7.89. The van der Waals surface area contributed by atoms with Crippen molar-refractivity contribution in [3.63, 3.8) is 0 Å². The molecule has 3 nitrogen and oxygen atoms in total. The van der Waals surface area contributed by atoms with E-state index in [9.17, 15) is 8.42 Å². The van der Waals surface area contributed by atoms with Gasteiger partial charge in [-0.15, -0.1) is 0 Å². The van der Waals surface area contributed by atoms with Crippen molar-refractivity contribution in [2.45, 2.75) is 37.5 Å². The largest absolute Gasteiger partial charge is 0.243 e. The molecular weight excluding hydrogens is 330 g/mol. The van der Waals surface area contributed by atoms with Crippen LogP contribution in [0.25, 0.3) is 5.57 Å². The maximum absolute atomic E-state index is 12.9. The van der Waals surface area contributed by atoms with Gasteiger partial charge >= 0.3 is 0 Å². The van der Waals surface area contributed by atoms with Crippen LogP contribution in [0.4, 0.5) is 0 Å². The smallest absolute Gasteiger partial charge is 0.207 e. The fraction of sp³-hybridized carbons (Fsp3) is 0.333. The summed E-state index contributed by atoms with van der Waals surface area (Å²) in [7, 11) is -3.42. The van der Waals surface area contributed by atoms with E-state index in [0.717, 1.165) is 25.7 Å². The number of unbranched alkanes of at least 4 members (excludes halogenated alkanes) is 1. The topological polar surface area (TPSA) is 37.4 Å². The fourth-order valence-electron chi connectivity index (χ4n) is 3.14. The van der Waals surface area contributed by atoms with Crippen LogP contribution in [0.3, 0.4) is 0 Å². The average Bonchev–Trinajstić information content (AvgIpc) is 2.67. The van der Waals surface area contributed by atoms with E-state index >= 15 is 0 Å². The van der Waals surface area contributed by atoms with Gasteiger partial charge in [0.05, 0.1) is 4.90 Å². The first-order valence-electron chi connectivity index (χ1n) is 8.95. The molecule has 0 bridgehead atoms. The summed E-state index contributed by atoms with van der Waals surface area (Å²) in [5.74, 6) is 0. The molecule has 0 aromatic heterocycles. The first kappa shape index (κ1) is 17.9. The van der Waals surface area contributed by atoms with Crippen molar-refractivity contribution >= 4 is 15.6 Å². The van der Waals surface area contributed by atoms with Gasteiger partial charge in [0.25, 0.3) is 0 Å². The van der Waals surface area contributed by atoms with E-state index in [0.29, 0.717) is 18.0 Å². The van der Waals surface area contributed by atoms with Gasteiger partial charge < -0.3 is 0 Å². The lowest BCUT2D eigenvalue weighted by Crippen LogP contribution is -2.34. The minimum absolute atomic E-state index is 0.393. The van der Waals surface area contributed by atoms with Crippen LogP contribution < -0.4 is 0 Å². The molecule has 0 amide bonds. The van der Waals surface area contributed by atoms with Crippen LogP contribution in [0.2, 0.25) is 0 Å². The maximum Gasteiger partial charge on any atom is 0.243 e. The second-order valence-electron chi connectivity index (χ2n) is 6.46. The quantitative estimate of drug-likeness (QED) is 0.765. The molecule has 0 atom stereocenters. The summed E-state index contributed by atoms with van der Waals surface area (Å²) in [4.78, 5) is 0.393. The third-order valence-electron chi connectivity index (χ3n) is 4.70. The highest BCUT2D eigenvalue weighted by atomic mass is 32.2. The Labute approximate surface area is 151 Å². The van der Waals surface area contributed by atoms with Crippen LogP contribution >= 0.6 is 0 Å². The summed E-state index contributed by atoms with van der Waals surface area (Å²) < 4.78 is 27.3. The molecule has 4 heteroatoms. The summed E-state index contributed by atoms with van der Waals surface area (Å²) in [6, 6.07) is 17.5. The Balaban J connectivity index is 1.72. The van der Waals surface area contributed by atoms with Crippen LogP contribution in [0.1, 0.15) is 37.3 Å². The lowest BCUT2D eigenvalue weighted by atomic mass is 10.0. The van der Waals surface area contributed by atoms with E-state index in [1.165, 1.54) is 16.7 Å². The molecule has 1 aliphatic rings. The zero-order valence-electron chi connectivity index (χ0n) is 14.7. The monoisotopic (exact) mass is 355 g/mol. The van der Waals surface area contributed by atoms with Crippen LogP contribution in [0.15, 0.2) is 65.6 Å². The molecule has 0 saturated carbocycles. The highest BCUT2D eigenvalue weighted by Gasteiger charge is 2.26. The number of benzene rings is 2. The number of rotatable bonds is 6. The van der Waals surface area contributed by atoms with Crippen molar-refractivity contribution in [1.82, 2.24) is 4.31 Å². The Kier molecular flexibility index (Phi) is 5.71. The molecular formula is C21H25NO2S. The van der Waals surface area contributed by atoms with Gasteiger partial charge in [-0.25, -0.2) is 8.42 Å². The molecule has 2 aromatic rings. The van der Waals surface area contributed by atoms with Gasteiger partial charge in [0, 0.05) is 13.1 Å². The van der Waals surface area contributed by atoms with Crippen LogP contribution in [0.5, 0.6) is 0 Å². The molecule has 3 rings (SSSR count). The molecule has 132 valence electrons. The Morgan fingerprint density at radius 2 is 1.72 bits per heavy atom. The normalized spacial score (nSPS) is 15.8. The molecule has 0 spiro atoms. The zero-order chi connectivity index (χ0) is 17.7. The Morgan fingerprint density at radius 1 is 1.00 bits per heavy atom. The molecule has 0 radical (unpaired) electrons. The number of hydrogen-bond acceptors (Lipinski definition) is 2. The van der Waals surface area contributed by atoms with Crippen molar-refractivity contribution in [2.75, 3.05) is 13.1 Å². The van der Waals surface area contributed by atoms with E-state index in [2.05, 4.69) is 19.1 Å². The lowest BCUT2D eigenvalue weighted by molar-refractivity contribution is 0.441. The maximum atomic E-state index is 12.9. The first-order chi connectivity index (χ1) is 12.1. The van der Waals surface area contributed by atoms with Crippen molar-refractivity contribution in [3.8, 4) is 0 Å². The molecule has 0 unspecified atom stereocenters. The van der Waals surface area contributed by atoms with Crippen LogP contribution in [-0.2, 0) is 16.4 Å². The first-order valence-corrected chi connectivity index (χ1v) is 10.4. The van der Waals surface area contributed by atoms with Crippen molar-refractivity contribution in [1.29, 1.82) is 0 Å². The van der Waals surface area contributed by atoms with E-state index in [1.54, 1.807) is 16.4 Å². The van der Waals surface area contributed by atoms with E-state index < -0.39 is 10.0 Å². The third-order valence-corrected chi connectivity index (χ3v) is 6.58. The van der Waals surface area contributed by atoms with Gasteiger partial charge in [-0.05, 0) is 48.1 Å². The van der Waals surface area contributed by atoms with Gasteiger partial charge in [0.2, 0.25) is 10.0 Å². The Hall–Kier alpha value is -1.91. The minimum atomic E-state index is -3.42. The second-order valence-corrected chi connectivity index (χ2v) is 8.39. The molecule has 0 aliphatic carbocycles. The molecule has 0 saturated heterocycles. The third kappa shape index (κ3) is 4.20. The SMILES string of the molecule is CCCCc1ccc(S(=O)(=O)N2CC=C(c3ccccc3)CC2)cc1. The molecule has 2 aromatic carbocycles. The standard InChI is InChI=1S/C21H25NO2S/c1-2-3-7-18-10-12-21(13-11-18)25(23,24)22-16-14-20(15-17-22)19-8-5-4-6-9-19/h4-6,8-14H,2-3,7,15-17H2,1H3. The Morgan fingerprint density at radius 3 is 2.32 bits per heavy atom. The van der Waals surface area contributed by atoms with Crippen LogP contribution in [0, 0.1) is 0 Å². The molecule has 1 aliphatic heterocycles. The molecule has 0 fully saturated rings. The highest BCUT2D eigenvalue weighted by Crippen LogP contribution is 2.26. The lowest BCUT2D eigenvalue weighted by Gasteiger charge is -2.26. The van der Waals surface area contributed by atoms with Gasteiger partial charge in [0.15, 0.2) is 0 Å². The van der Waals surface area contributed by atoms with Gasteiger partial charge in [-0.1, -0.05) is 61.9 Å². The second kappa shape index (κ2) is 7.98. The van der Waals surface area contributed by atoms with Gasteiger partial charge in [-0.2, -0.15) is 4.31 Å². The van der Waals surface area contributed by atoms with E-state index in [4.69, 9.17) is 0 Å². The predicted molar refractivity (Wildman–Crippen MR) is 103 cm³/mol. The van der Waals surface area contributed by atoms with Gasteiger partial charge in [-0.3, -0.25) is 0 Å². The van der Waals surface area contributed by atoms with Gasteiger partial charge in [0.1, 0.15) is 0 Å². The van der Waals surface area contributed by atoms with E-state index in [-0.39, 0.29) is 0 Å².